The van der Waals surface area contributed by atoms with Crippen LogP contribution >= 0.6 is 0 Å². The zero-order valence-electron chi connectivity index (χ0n) is 14.6. The number of ether oxygens (including phenoxy) is 3. The first-order valence-electron chi connectivity index (χ1n) is 7.58. The summed E-state index contributed by atoms with van der Waals surface area (Å²) in [6, 6.07) is 3.76. The van der Waals surface area contributed by atoms with E-state index in [0.29, 0.717) is 5.56 Å². The Balaban J connectivity index is 2.96. The van der Waals surface area contributed by atoms with Gasteiger partial charge in [0.25, 0.3) is 0 Å². The van der Waals surface area contributed by atoms with Gasteiger partial charge in [-0.2, -0.15) is 0 Å². The Morgan fingerprint density at radius 1 is 0.962 bits per heavy atom. The van der Waals surface area contributed by atoms with Crippen LogP contribution in [0.3, 0.4) is 0 Å². The summed E-state index contributed by atoms with van der Waals surface area (Å²) >= 11 is 0. The van der Waals surface area contributed by atoms with Crippen LogP contribution in [0.15, 0.2) is 24.3 Å². The summed E-state index contributed by atoms with van der Waals surface area (Å²) in [6.45, 7) is 0. The van der Waals surface area contributed by atoms with Gasteiger partial charge in [0.05, 0.1) is 40.1 Å². The van der Waals surface area contributed by atoms with Crippen molar-refractivity contribution < 1.29 is 37.8 Å². The summed E-state index contributed by atoms with van der Waals surface area (Å²) in [5, 5.41) is 2.36. The molecule has 0 saturated heterocycles. The summed E-state index contributed by atoms with van der Waals surface area (Å²) in [7, 11) is 3.28. The highest BCUT2D eigenvalue weighted by Crippen LogP contribution is 2.15. The van der Waals surface area contributed by atoms with Crippen LogP contribution in [0.1, 0.15) is 12.0 Å². The van der Waals surface area contributed by atoms with Crippen molar-refractivity contribution in [2.75, 3.05) is 21.3 Å². The van der Waals surface area contributed by atoms with E-state index in [1.807, 2.05) is 0 Å². The van der Waals surface area contributed by atoms with E-state index in [-0.39, 0.29) is 6.42 Å². The van der Waals surface area contributed by atoms with Crippen molar-refractivity contribution in [3.63, 3.8) is 0 Å². The smallest absolute Gasteiger partial charge is 0.329 e. The molecule has 1 rings (SSSR count). The highest BCUT2D eigenvalue weighted by Gasteiger charge is 2.38. The standard InChI is InChI=1S/C17H20FNO7/c1-24-14(21)9-12(16(22)25-2)15(17(23)26-3)19-13(20)8-10-4-6-11(18)7-5-10/h4-7,12,15H,8-9H2,1-3H3,(H,19,20)/t12-,15-/m0/s1. The van der Waals surface area contributed by atoms with Crippen LogP contribution in [-0.2, 0) is 39.8 Å². The van der Waals surface area contributed by atoms with E-state index < -0.39 is 48.0 Å². The van der Waals surface area contributed by atoms with Crippen LogP contribution in [0.25, 0.3) is 0 Å². The van der Waals surface area contributed by atoms with Crippen molar-refractivity contribution >= 4 is 23.8 Å². The predicted octanol–water partition coefficient (Wildman–Crippen LogP) is 0.378. The lowest BCUT2D eigenvalue weighted by Crippen LogP contribution is -2.50. The first-order valence-corrected chi connectivity index (χ1v) is 7.58. The number of carbonyl (C=O) groups is 4. The first kappa shape index (κ1) is 21.1. The average Bonchev–Trinajstić information content (AvgIpc) is 2.64. The van der Waals surface area contributed by atoms with Gasteiger partial charge in [-0.15, -0.1) is 0 Å². The minimum atomic E-state index is -1.44. The lowest BCUT2D eigenvalue weighted by molar-refractivity contribution is -0.159. The molecule has 0 aliphatic rings. The Morgan fingerprint density at radius 3 is 2.04 bits per heavy atom. The molecule has 142 valence electrons. The van der Waals surface area contributed by atoms with Gasteiger partial charge in [0.2, 0.25) is 5.91 Å². The van der Waals surface area contributed by atoms with Gasteiger partial charge in [-0.1, -0.05) is 12.1 Å². The zero-order valence-corrected chi connectivity index (χ0v) is 14.6. The number of halogens is 1. The molecule has 1 aromatic carbocycles. The van der Waals surface area contributed by atoms with Gasteiger partial charge in [0.15, 0.2) is 0 Å². The molecule has 2 atom stereocenters. The largest absolute Gasteiger partial charge is 0.469 e. The Kier molecular flexibility index (Phi) is 8.20. The van der Waals surface area contributed by atoms with Crippen LogP contribution in [0.2, 0.25) is 0 Å². The van der Waals surface area contributed by atoms with E-state index in [1.54, 1.807) is 0 Å². The molecule has 0 saturated carbocycles. The van der Waals surface area contributed by atoms with Crippen molar-refractivity contribution in [1.82, 2.24) is 5.32 Å². The minimum Gasteiger partial charge on any atom is -0.469 e. The molecule has 0 bridgehead atoms. The average molecular weight is 369 g/mol. The molecule has 0 fully saturated rings. The Morgan fingerprint density at radius 2 is 1.54 bits per heavy atom. The van der Waals surface area contributed by atoms with Gasteiger partial charge >= 0.3 is 17.9 Å². The summed E-state index contributed by atoms with van der Waals surface area (Å²) in [5.41, 5.74) is 0.495. The second-order valence-electron chi connectivity index (χ2n) is 5.28. The second kappa shape index (κ2) is 10.1. The molecule has 0 aliphatic carbocycles. The molecule has 0 aliphatic heterocycles. The molecule has 9 heteroatoms. The lowest BCUT2D eigenvalue weighted by atomic mass is 9.95. The van der Waals surface area contributed by atoms with Crippen molar-refractivity contribution in [2.24, 2.45) is 5.92 Å². The van der Waals surface area contributed by atoms with E-state index in [0.717, 1.165) is 21.3 Å². The van der Waals surface area contributed by atoms with Gasteiger partial charge in [-0.3, -0.25) is 14.4 Å². The monoisotopic (exact) mass is 369 g/mol. The lowest BCUT2D eigenvalue weighted by Gasteiger charge is -2.23. The number of nitrogens with one attached hydrogen (secondary N) is 1. The molecular weight excluding hydrogens is 349 g/mol. The molecule has 0 spiro atoms. The maximum absolute atomic E-state index is 12.9. The molecule has 26 heavy (non-hydrogen) atoms. The summed E-state index contributed by atoms with van der Waals surface area (Å²) in [5.74, 6) is -4.96. The number of methoxy groups -OCH3 is 3. The van der Waals surface area contributed by atoms with Crippen molar-refractivity contribution in [2.45, 2.75) is 18.9 Å². The molecule has 1 N–H and O–H groups in total. The first-order chi connectivity index (χ1) is 12.3. The summed E-state index contributed by atoms with van der Waals surface area (Å²) in [6.07, 6.45) is -0.653. The third kappa shape index (κ3) is 6.15. The molecule has 1 aromatic rings. The minimum absolute atomic E-state index is 0.167. The third-order valence-corrected chi connectivity index (χ3v) is 3.57. The fourth-order valence-corrected chi connectivity index (χ4v) is 2.21. The molecular formula is C17H20FNO7. The number of benzene rings is 1. The maximum Gasteiger partial charge on any atom is 0.329 e. The van der Waals surface area contributed by atoms with Gasteiger partial charge < -0.3 is 19.5 Å². The zero-order chi connectivity index (χ0) is 19.7. The number of hydrogen-bond acceptors (Lipinski definition) is 7. The molecule has 1 amide bonds. The molecule has 8 nitrogen and oxygen atoms in total. The third-order valence-electron chi connectivity index (χ3n) is 3.57. The normalized spacial score (nSPS) is 12.5. The second-order valence-corrected chi connectivity index (χ2v) is 5.28. The Labute approximate surface area is 149 Å². The van der Waals surface area contributed by atoms with Crippen molar-refractivity contribution in [1.29, 1.82) is 0 Å². The fourth-order valence-electron chi connectivity index (χ4n) is 2.21. The van der Waals surface area contributed by atoms with Gasteiger partial charge in [0.1, 0.15) is 11.9 Å². The summed E-state index contributed by atoms with van der Waals surface area (Å²) < 4.78 is 26.6. The Hall–Kier alpha value is -2.97. The summed E-state index contributed by atoms with van der Waals surface area (Å²) in [4.78, 5) is 47.8. The van der Waals surface area contributed by atoms with E-state index >= 15 is 0 Å². The van der Waals surface area contributed by atoms with Crippen LogP contribution in [0.5, 0.6) is 0 Å². The molecule has 0 aromatic heterocycles. The van der Waals surface area contributed by atoms with Crippen molar-refractivity contribution in [3.8, 4) is 0 Å². The van der Waals surface area contributed by atoms with E-state index in [4.69, 9.17) is 0 Å². The van der Waals surface area contributed by atoms with Crippen LogP contribution < -0.4 is 5.32 Å². The molecule has 0 unspecified atom stereocenters. The number of carbonyl (C=O) groups excluding carboxylic acids is 4. The number of hydrogen-bond donors (Lipinski definition) is 1. The van der Waals surface area contributed by atoms with E-state index in [9.17, 15) is 23.6 Å². The quantitative estimate of drug-likeness (QED) is 0.521. The number of rotatable bonds is 8. The van der Waals surface area contributed by atoms with Crippen molar-refractivity contribution in [3.05, 3.63) is 35.6 Å². The Bertz CT molecular complexity index is 660. The predicted molar refractivity (Wildman–Crippen MR) is 86.2 cm³/mol. The maximum atomic E-state index is 12.9. The topological polar surface area (TPSA) is 108 Å². The number of amides is 1. The van der Waals surface area contributed by atoms with Gasteiger partial charge in [-0.25, -0.2) is 9.18 Å². The highest BCUT2D eigenvalue weighted by atomic mass is 19.1. The number of esters is 3. The van der Waals surface area contributed by atoms with E-state index in [2.05, 4.69) is 19.5 Å². The van der Waals surface area contributed by atoms with Gasteiger partial charge in [0, 0.05) is 0 Å². The van der Waals surface area contributed by atoms with Crippen LogP contribution in [0.4, 0.5) is 4.39 Å². The van der Waals surface area contributed by atoms with Crippen LogP contribution in [-0.4, -0.2) is 51.2 Å². The highest BCUT2D eigenvalue weighted by molar-refractivity contribution is 5.91. The van der Waals surface area contributed by atoms with E-state index in [1.165, 1.54) is 24.3 Å². The fraction of sp³-hybridized carbons (Fsp3) is 0.412. The SMILES string of the molecule is COC(=O)C[C@H](C(=O)OC)[C@H](NC(=O)Cc1ccc(F)cc1)C(=O)OC. The molecule has 0 radical (unpaired) electrons. The van der Waals surface area contributed by atoms with Gasteiger partial charge in [-0.05, 0) is 17.7 Å². The van der Waals surface area contributed by atoms with Crippen LogP contribution in [0, 0.1) is 11.7 Å². The molecule has 0 heterocycles.